The molecule has 1 N–H and O–H groups in total. The predicted octanol–water partition coefficient (Wildman–Crippen LogP) is 3.64. The van der Waals surface area contributed by atoms with Crippen molar-refractivity contribution in [3.8, 4) is 0 Å². The molecule has 1 aliphatic carbocycles. The van der Waals surface area contributed by atoms with Crippen molar-refractivity contribution in [3.05, 3.63) is 70.1 Å². The van der Waals surface area contributed by atoms with Crippen molar-refractivity contribution >= 4 is 18.0 Å². The second-order valence-electron chi connectivity index (χ2n) is 7.80. The van der Waals surface area contributed by atoms with E-state index < -0.39 is 0 Å². The topological polar surface area (TPSA) is 32.0 Å². The minimum Gasteiger partial charge on any atom is -0.357 e. The van der Waals surface area contributed by atoms with Gasteiger partial charge in [0.25, 0.3) is 0 Å². The van der Waals surface area contributed by atoms with E-state index in [-0.39, 0.29) is 5.82 Å². The van der Waals surface area contributed by atoms with E-state index in [2.05, 4.69) is 41.9 Å². The monoisotopic (exact) mass is 377 g/mol. The molecule has 3 nitrogen and oxygen atoms in total. The van der Waals surface area contributed by atoms with Gasteiger partial charge in [-0.15, -0.1) is 0 Å². The van der Waals surface area contributed by atoms with Crippen LogP contribution in [0.5, 0.6) is 0 Å². The summed E-state index contributed by atoms with van der Waals surface area (Å²) in [5, 5.41) is 10.7. The lowest BCUT2D eigenvalue weighted by Gasteiger charge is -2.19. The zero-order valence-electron chi connectivity index (χ0n) is 16.5. The fourth-order valence-electron chi connectivity index (χ4n) is 4.19. The van der Waals surface area contributed by atoms with Crippen LogP contribution in [0, 0.1) is 17.1 Å². The normalized spacial score (nSPS) is 18.4. The van der Waals surface area contributed by atoms with Crippen LogP contribution in [-0.4, -0.2) is 28.4 Å². The van der Waals surface area contributed by atoms with Crippen LogP contribution in [0.1, 0.15) is 43.7 Å². The molecule has 2 aromatic rings. The highest BCUT2D eigenvalue weighted by atomic mass is 19.1. The Balaban J connectivity index is 1.57. The van der Waals surface area contributed by atoms with Crippen LogP contribution in [0.3, 0.4) is 0 Å². The molecule has 1 aromatic heterocycles. The number of aromatic nitrogens is 1. The van der Waals surface area contributed by atoms with Gasteiger partial charge in [0.15, 0.2) is 0 Å². The van der Waals surface area contributed by atoms with E-state index in [4.69, 9.17) is 5.41 Å². The molecule has 1 atom stereocenters. The highest BCUT2D eigenvalue weighted by Crippen LogP contribution is 2.17. The Kier molecular flexibility index (Phi) is 5.47. The van der Waals surface area contributed by atoms with Crippen molar-refractivity contribution in [1.82, 2.24) is 9.47 Å². The molecule has 2 heterocycles. The smallest absolute Gasteiger partial charge is 0.128 e. The van der Waals surface area contributed by atoms with E-state index in [0.717, 1.165) is 44.1 Å². The lowest BCUT2D eigenvalue weighted by Crippen LogP contribution is -2.29. The largest absolute Gasteiger partial charge is 0.357 e. The second-order valence-corrected chi connectivity index (χ2v) is 7.80. The molecule has 0 spiro atoms. The molecule has 0 saturated carbocycles. The second kappa shape index (κ2) is 8.17. The van der Waals surface area contributed by atoms with Gasteiger partial charge in [-0.3, -0.25) is 5.41 Å². The van der Waals surface area contributed by atoms with Gasteiger partial charge in [-0.25, -0.2) is 4.39 Å². The molecule has 146 valence electrons. The van der Waals surface area contributed by atoms with E-state index >= 15 is 0 Å². The molecule has 1 aromatic carbocycles. The lowest BCUT2D eigenvalue weighted by molar-refractivity contribution is 0.516. The number of hydrogen-bond acceptors (Lipinski definition) is 1. The van der Waals surface area contributed by atoms with E-state index in [0.29, 0.717) is 29.4 Å². The summed E-state index contributed by atoms with van der Waals surface area (Å²) in [6.07, 6.45) is 15.4. The molecule has 1 unspecified atom stereocenters. The van der Waals surface area contributed by atoms with Gasteiger partial charge < -0.3 is 9.47 Å². The number of fused-ring (bicyclic) bond motifs is 1. The Labute approximate surface area is 166 Å². The van der Waals surface area contributed by atoms with Crippen LogP contribution >= 0.6 is 0 Å². The highest BCUT2D eigenvalue weighted by Gasteiger charge is 2.17. The molecule has 0 bridgehead atoms. The van der Waals surface area contributed by atoms with Gasteiger partial charge in [-0.2, -0.15) is 0 Å². The Hall–Kier alpha value is -2.62. The number of halogens is 1. The first-order chi connectivity index (χ1) is 13.7. The van der Waals surface area contributed by atoms with Crippen molar-refractivity contribution in [1.29, 1.82) is 5.41 Å². The molecule has 0 radical (unpaired) electrons. The maximum absolute atomic E-state index is 14.8. The predicted molar refractivity (Wildman–Crippen MR) is 113 cm³/mol. The number of benzene rings is 1. The molecule has 2 aliphatic rings. The highest BCUT2D eigenvalue weighted by molar-refractivity contribution is 5.96. The summed E-state index contributed by atoms with van der Waals surface area (Å²) in [6.45, 7) is 4.50. The summed E-state index contributed by atoms with van der Waals surface area (Å²) in [5.74, 6) is 0.666. The van der Waals surface area contributed by atoms with Crippen LogP contribution in [0.4, 0.5) is 4.39 Å². The molecule has 4 rings (SSSR count). The minimum atomic E-state index is -0.235. The van der Waals surface area contributed by atoms with Crippen LogP contribution < -0.4 is 10.6 Å². The van der Waals surface area contributed by atoms with Gasteiger partial charge in [-0.05, 0) is 48.6 Å². The standard InChI is InChI=1S/C24H28FN3/c1-2-6-18-7-5-8-23-19(15-18)11-14-28(23)17-21-10-9-20(16-22(21)25)24(26)27-12-3-4-13-27/h5,7-11,14-16,18,26H,2-4,6,12-13,17H2,1H3. The van der Waals surface area contributed by atoms with Crippen molar-refractivity contribution in [2.45, 2.75) is 39.2 Å². The SMILES string of the molecule is CCCC1C=CC=c2c(ccn2Cc2ccc(C(=N)N3CCCC3)cc2F)=C1. The molecule has 1 fully saturated rings. The molecule has 0 amide bonds. The third-order valence-electron chi connectivity index (χ3n) is 5.76. The number of nitrogens with one attached hydrogen (secondary N) is 1. The van der Waals surface area contributed by atoms with Gasteiger partial charge in [0.2, 0.25) is 0 Å². The molecule has 4 heteroatoms. The van der Waals surface area contributed by atoms with Gasteiger partial charge in [0.05, 0.1) is 6.54 Å². The van der Waals surface area contributed by atoms with Crippen molar-refractivity contribution in [2.24, 2.45) is 5.92 Å². The van der Waals surface area contributed by atoms with Crippen LogP contribution in [0.15, 0.2) is 42.6 Å². The zero-order valence-corrected chi connectivity index (χ0v) is 16.5. The maximum Gasteiger partial charge on any atom is 0.128 e. The fourth-order valence-corrected chi connectivity index (χ4v) is 4.19. The van der Waals surface area contributed by atoms with Crippen molar-refractivity contribution in [3.63, 3.8) is 0 Å². The third-order valence-corrected chi connectivity index (χ3v) is 5.76. The van der Waals surface area contributed by atoms with E-state index in [1.807, 2.05) is 23.2 Å². The molecule has 1 saturated heterocycles. The van der Waals surface area contributed by atoms with E-state index in [9.17, 15) is 4.39 Å². The maximum atomic E-state index is 14.8. The molecular formula is C24H28FN3. The lowest BCUT2D eigenvalue weighted by atomic mass is 10.0. The quantitative estimate of drug-likeness (QED) is 0.626. The summed E-state index contributed by atoms with van der Waals surface area (Å²) in [7, 11) is 0. The summed E-state index contributed by atoms with van der Waals surface area (Å²) in [5.41, 5.74) is 1.32. The zero-order chi connectivity index (χ0) is 19.5. The van der Waals surface area contributed by atoms with Crippen LogP contribution in [0.2, 0.25) is 0 Å². The van der Waals surface area contributed by atoms with Crippen molar-refractivity contribution in [2.75, 3.05) is 13.1 Å². The summed E-state index contributed by atoms with van der Waals surface area (Å²) < 4.78 is 16.9. The number of hydrogen-bond donors (Lipinski definition) is 1. The number of nitrogens with zero attached hydrogens (tertiary/aromatic N) is 2. The third kappa shape index (κ3) is 3.82. The van der Waals surface area contributed by atoms with Crippen LogP contribution in [0.25, 0.3) is 12.2 Å². The molecule has 1 aliphatic heterocycles. The van der Waals surface area contributed by atoms with Gasteiger partial charge in [0.1, 0.15) is 11.7 Å². The average Bonchev–Trinajstić information content (AvgIpc) is 3.30. The summed E-state index contributed by atoms with van der Waals surface area (Å²) >= 11 is 0. The Bertz CT molecular complexity index is 1010. The fraction of sp³-hybridized carbons (Fsp3) is 0.375. The number of rotatable bonds is 5. The first-order valence-electron chi connectivity index (χ1n) is 10.3. The van der Waals surface area contributed by atoms with Gasteiger partial charge >= 0.3 is 0 Å². The molecular weight excluding hydrogens is 349 g/mol. The van der Waals surface area contributed by atoms with Gasteiger partial charge in [0, 0.05) is 35.8 Å². The van der Waals surface area contributed by atoms with E-state index in [1.165, 1.54) is 11.3 Å². The number of amidine groups is 1. The Morgan fingerprint density at radius 3 is 2.79 bits per heavy atom. The number of likely N-dealkylation sites (tertiary alicyclic amines) is 1. The van der Waals surface area contributed by atoms with Crippen LogP contribution in [-0.2, 0) is 6.54 Å². The Morgan fingerprint density at radius 1 is 1.21 bits per heavy atom. The minimum absolute atomic E-state index is 0.235. The Morgan fingerprint density at radius 2 is 2.04 bits per heavy atom. The summed E-state index contributed by atoms with van der Waals surface area (Å²) in [6, 6.07) is 7.36. The first kappa shape index (κ1) is 18.7. The number of allylic oxidation sites excluding steroid dienone is 2. The summed E-state index contributed by atoms with van der Waals surface area (Å²) in [4.78, 5) is 2.03. The van der Waals surface area contributed by atoms with Crippen molar-refractivity contribution < 1.29 is 4.39 Å². The average molecular weight is 378 g/mol. The molecule has 28 heavy (non-hydrogen) atoms. The van der Waals surface area contributed by atoms with Gasteiger partial charge in [-0.1, -0.05) is 43.7 Å². The first-order valence-corrected chi connectivity index (χ1v) is 10.3. The van der Waals surface area contributed by atoms with E-state index in [1.54, 1.807) is 0 Å².